The molecule has 0 radical (unpaired) electrons. The van der Waals surface area contributed by atoms with E-state index in [1.165, 1.54) is 0 Å². The first kappa shape index (κ1) is 19.8. The Balaban J connectivity index is 2.39. The van der Waals surface area contributed by atoms with E-state index in [1.807, 2.05) is 60.8 Å². The van der Waals surface area contributed by atoms with E-state index in [0.717, 1.165) is 22.6 Å². The van der Waals surface area contributed by atoms with Crippen LogP contribution in [-0.2, 0) is 11.3 Å². The van der Waals surface area contributed by atoms with Gasteiger partial charge < -0.3 is 24.0 Å². The number of aromatic nitrogens is 1. The van der Waals surface area contributed by atoms with Crippen molar-refractivity contribution < 1.29 is 19.4 Å². The first-order valence-corrected chi connectivity index (χ1v) is 9.21. The van der Waals surface area contributed by atoms with Gasteiger partial charge in [0.25, 0.3) is 0 Å². The van der Waals surface area contributed by atoms with E-state index in [1.54, 1.807) is 20.1 Å². The van der Waals surface area contributed by atoms with Crippen molar-refractivity contribution in [1.82, 2.24) is 9.47 Å². The Morgan fingerprint density at radius 1 is 1.21 bits per heavy atom. The molecule has 0 unspecified atom stereocenters. The molecule has 0 aliphatic carbocycles. The van der Waals surface area contributed by atoms with Crippen LogP contribution in [0.3, 0.4) is 0 Å². The van der Waals surface area contributed by atoms with Crippen molar-refractivity contribution in [3.8, 4) is 17.2 Å². The maximum atomic E-state index is 12.8. The van der Waals surface area contributed by atoms with Crippen molar-refractivity contribution in [2.24, 2.45) is 0 Å². The summed E-state index contributed by atoms with van der Waals surface area (Å²) in [5.41, 5.74) is 3.65. The molecule has 0 saturated carbocycles. The number of hydrogen-bond acceptors (Lipinski definition) is 5. The number of phenols is 1. The van der Waals surface area contributed by atoms with Gasteiger partial charge in [-0.15, -0.1) is 0 Å². The zero-order valence-corrected chi connectivity index (χ0v) is 16.9. The number of fused-ring (bicyclic) bond motifs is 1. The Morgan fingerprint density at radius 3 is 2.61 bits per heavy atom. The molecule has 0 atom stereocenters. The van der Waals surface area contributed by atoms with Crippen LogP contribution in [0.4, 0.5) is 0 Å². The summed E-state index contributed by atoms with van der Waals surface area (Å²) in [5.74, 6) is 0.496. The Kier molecular flexibility index (Phi) is 5.61. The lowest BCUT2D eigenvalue weighted by molar-refractivity contribution is 0.0527. The van der Waals surface area contributed by atoms with Crippen LogP contribution in [0, 0.1) is 6.92 Å². The van der Waals surface area contributed by atoms with Crippen molar-refractivity contribution in [2.75, 3.05) is 27.8 Å². The summed E-state index contributed by atoms with van der Waals surface area (Å²) in [6, 6.07) is 11.2. The second-order valence-corrected chi connectivity index (χ2v) is 6.91. The van der Waals surface area contributed by atoms with E-state index in [-0.39, 0.29) is 12.4 Å². The standard InChI is InChI=1S/C22H26N2O4/c1-6-28-22(26)20-14(2)24(15-8-7-9-16(12-15)27-5)18-10-11-19(25)17(21(18)20)13-23(3)4/h7-12,25H,6,13H2,1-5H3. The summed E-state index contributed by atoms with van der Waals surface area (Å²) >= 11 is 0. The quantitative estimate of drug-likeness (QED) is 0.655. The molecule has 3 rings (SSSR count). The first-order valence-electron chi connectivity index (χ1n) is 9.21. The SMILES string of the molecule is CCOC(=O)c1c(C)n(-c2cccc(OC)c2)c2ccc(O)c(CN(C)C)c12. The number of benzene rings is 2. The summed E-state index contributed by atoms with van der Waals surface area (Å²) in [4.78, 5) is 14.8. The van der Waals surface area contributed by atoms with Crippen molar-refractivity contribution in [2.45, 2.75) is 20.4 Å². The highest BCUT2D eigenvalue weighted by molar-refractivity contribution is 6.08. The van der Waals surface area contributed by atoms with Gasteiger partial charge in [0.1, 0.15) is 11.5 Å². The number of carbonyl (C=O) groups excluding carboxylic acids is 1. The fourth-order valence-electron chi connectivity index (χ4n) is 3.57. The van der Waals surface area contributed by atoms with Gasteiger partial charge in [0, 0.05) is 34.9 Å². The average molecular weight is 382 g/mol. The molecule has 28 heavy (non-hydrogen) atoms. The Hall–Kier alpha value is -2.99. The maximum absolute atomic E-state index is 12.8. The van der Waals surface area contributed by atoms with Gasteiger partial charge in [-0.3, -0.25) is 0 Å². The monoisotopic (exact) mass is 382 g/mol. The van der Waals surface area contributed by atoms with Gasteiger partial charge in [0.15, 0.2) is 0 Å². The molecule has 0 amide bonds. The minimum atomic E-state index is -0.391. The minimum absolute atomic E-state index is 0.162. The number of rotatable bonds is 6. The number of aromatic hydroxyl groups is 1. The molecule has 1 aromatic heterocycles. The number of phenolic OH excluding ortho intramolecular Hbond substituents is 1. The molecule has 1 N–H and O–H groups in total. The van der Waals surface area contributed by atoms with E-state index >= 15 is 0 Å². The number of hydrogen-bond donors (Lipinski definition) is 1. The van der Waals surface area contributed by atoms with Gasteiger partial charge in [-0.1, -0.05) is 6.07 Å². The van der Waals surface area contributed by atoms with E-state index in [0.29, 0.717) is 23.1 Å². The van der Waals surface area contributed by atoms with Crippen molar-refractivity contribution >= 4 is 16.9 Å². The zero-order valence-electron chi connectivity index (χ0n) is 16.9. The van der Waals surface area contributed by atoms with Gasteiger partial charge in [-0.2, -0.15) is 0 Å². The van der Waals surface area contributed by atoms with Crippen LogP contribution in [0.2, 0.25) is 0 Å². The number of methoxy groups -OCH3 is 1. The van der Waals surface area contributed by atoms with Gasteiger partial charge in [-0.05, 0) is 52.2 Å². The lowest BCUT2D eigenvalue weighted by atomic mass is 10.0. The highest BCUT2D eigenvalue weighted by Gasteiger charge is 2.25. The summed E-state index contributed by atoms with van der Waals surface area (Å²) in [5, 5.41) is 11.3. The molecule has 0 fully saturated rings. The predicted octanol–water partition coefficient (Wildman–Crippen LogP) is 3.89. The fourth-order valence-corrected chi connectivity index (χ4v) is 3.57. The minimum Gasteiger partial charge on any atom is -0.508 e. The lowest BCUT2D eigenvalue weighted by Gasteiger charge is -2.14. The third-order valence-corrected chi connectivity index (χ3v) is 4.72. The van der Waals surface area contributed by atoms with Crippen LogP contribution in [0.15, 0.2) is 36.4 Å². The van der Waals surface area contributed by atoms with Gasteiger partial charge in [-0.25, -0.2) is 4.79 Å². The van der Waals surface area contributed by atoms with Gasteiger partial charge >= 0.3 is 5.97 Å². The second kappa shape index (κ2) is 7.94. The van der Waals surface area contributed by atoms with Crippen molar-refractivity contribution in [3.63, 3.8) is 0 Å². The smallest absolute Gasteiger partial charge is 0.340 e. The molecular weight excluding hydrogens is 356 g/mol. The van der Waals surface area contributed by atoms with E-state index in [2.05, 4.69) is 0 Å². The zero-order chi connectivity index (χ0) is 20.4. The molecule has 0 bridgehead atoms. The van der Waals surface area contributed by atoms with Crippen molar-refractivity contribution in [1.29, 1.82) is 0 Å². The second-order valence-electron chi connectivity index (χ2n) is 6.91. The molecule has 1 heterocycles. The van der Waals surface area contributed by atoms with Gasteiger partial charge in [0.05, 0.1) is 24.8 Å². The number of esters is 1. The molecule has 6 nitrogen and oxygen atoms in total. The molecule has 148 valence electrons. The molecule has 0 spiro atoms. The number of ether oxygens (including phenoxy) is 2. The fraction of sp³-hybridized carbons (Fsp3) is 0.318. The van der Waals surface area contributed by atoms with Crippen LogP contribution in [-0.4, -0.2) is 48.4 Å². The summed E-state index contributed by atoms with van der Waals surface area (Å²) < 4.78 is 12.7. The normalized spacial score (nSPS) is 11.2. The molecule has 6 heteroatoms. The van der Waals surface area contributed by atoms with Gasteiger partial charge in [0.2, 0.25) is 0 Å². The Labute approximate surface area is 164 Å². The third kappa shape index (κ3) is 3.43. The van der Waals surface area contributed by atoms with Crippen LogP contribution in [0.1, 0.15) is 28.5 Å². The van der Waals surface area contributed by atoms with E-state index in [9.17, 15) is 9.90 Å². The van der Waals surface area contributed by atoms with E-state index in [4.69, 9.17) is 9.47 Å². The highest BCUT2D eigenvalue weighted by Crippen LogP contribution is 2.37. The van der Waals surface area contributed by atoms with Crippen LogP contribution >= 0.6 is 0 Å². The molecule has 0 saturated heterocycles. The maximum Gasteiger partial charge on any atom is 0.340 e. The average Bonchev–Trinajstić information content (AvgIpc) is 2.96. The summed E-state index contributed by atoms with van der Waals surface area (Å²) in [7, 11) is 5.47. The van der Waals surface area contributed by atoms with Crippen molar-refractivity contribution in [3.05, 3.63) is 53.2 Å². The Morgan fingerprint density at radius 2 is 1.96 bits per heavy atom. The number of carbonyl (C=O) groups is 1. The molecule has 3 aromatic rings. The predicted molar refractivity (Wildman–Crippen MR) is 110 cm³/mol. The molecule has 2 aromatic carbocycles. The first-order chi connectivity index (χ1) is 13.4. The molecule has 0 aliphatic rings. The Bertz CT molecular complexity index is 1020. The molecule has 0 aliphatic heterocycles. The number of nitrogens with zero attached hydrogens (tertiary/aromatic N) is 2. The summed E-state index contributed by atoms with van der Waals surface area (Å²) in [6.07, 6.45) is 0. The molecular formula is C22H26N2O4. The third-order valence-electron chi connectivity index (χ3n) is 4.72. The topological polar surface area (TPSA) is 63.9 Å². The largest absolute Gasteiger partial charge is 0.508 e. The summed E-state index contributed by atoms with van der Waals surface area (Å²) in [6.45, 7) is 4.46. The van der Waals surface area contributed by atoms with Crippen LogP contribution < -0.4 is 4.74 Å². The van der Waals surface area contributed by atoms with Crippen LogP contribution in [0.5, 0.6) is 11.5 Å². The lowest BCUT2D eigenvalue weighted by Crippen LogP contribution is -2.12. The van der Waals surface area contributed by atoms with Crippen LogP contribution in [0.25, 0.3) is 16.6 Å². The van der Waals surface area contributed by atoms with E-state index < -0.39 is 5.97 Å². The highest BCUT2D eigenvalue weighted by atomic mass is 16.5.